The van der Waals surface area contributed by atoms with E-state index in [-0.39, 0.29) is 11.9 Å². The molecule has 3 heterocycles. The first-order valence-electron chi connectivity index (χ1n) is 10.4. The third-order valence-electron chi connectivity index (χ3n) is 5.24. The molecule has 7 nitrogen and oxygen atoms in total. The second-order valence-corrected chi connectivity index (χ2v) is 8.53. The second kappa shape index (κ2) is 9.37. The lowest BCUT2D eigenvalue weighted by molar-refractivity contribution is 0.0900. The molecule has 1 aliphatic rings. The molecular weight excluding hydrogens is 354 g/mol. The molecule has 0 aromatic carbocycles. The number of nitrogens with one attached hydrogen (secondary N) is 1. The molecule has 0 fully saturated rings. The van der Waals surface area contributed by atoms with Crippen molar-refractivity contribution < 1.29 is 9.21 Å². The Balaban J connectivity index is 1.74. The summed E-state index contributed by atoms with van der Waals surface area (Å²) < 4.78 is 7.46. The van der Waals surface area contributed by atoms with Gasteiger partial charge >= 0.3 is 0 Å². The molecule has 0 saturated heterocycles. The molecule has 0 bridgehead atoms. The van der Waals surface area contributed by atoms with Crippen molar-refractivity contribution in [2.24, 2.45) is 11.8 Å². The van der Waals surface area contributed by atoms with Crippen LogP contribution in [0.25, 0.3) is 0 Å². The van der Waals surface area contributed by atoms with E-state index < -0.39 is 0 Å². The van der Waals surface area contributed by atoms with Crippen molar-refractivity contribution in [1.29, 1.82) is 0 Å². The summed E-state index contributed by atoms with van der Waals surface area (Å²) >= 11 is 0. The predicted octanol–water partition coefficient (Wildman–Crippen LogP) is 3.29. The first-order chi connectivity index (χ1) is 13.4. The molecule has 1 aliphatic heterocycles. The molecule has 0 saturated carbocycles. The van der Waals surface area contributed by atoms with Crippen molar-refractivity contribution in [3.8, 4) is 0 Å². The van der Waals surface area contributed by atoms with E-state index in [1.807, 2.05) is 0 Å². The van der Waals surface area contributed by atoms with E-state index in [1.165, 1.54) is 12.7 Å². The Morgan fingerprint density at radius 3 is 2.68 bits per heavy atom. The van der Waals surface area contributed by atoms with E-state index >= 15 is 0 Å². The van der Waals surface area contributed by atoms with Crippen LogP contribution >= 0.6 is 0 Å². The van der Waals surface area contributed by atoms with E-state index in [0.29, 0.717) is 17.6 Å². The highest BCUT2D eigenvalue weighted by Crippen LogP contribution is 2.23. The Morgan fingerprint density at radius 2 is 2.00 bits per heavy atom. The van der Waals surface area contributed by atoms with Crippen LogP contribution in [0.15, 0.2) is 22.8 Å². The van der Waals surface area contributed by atoms with Gasteiger partial charge in [0.15, 0.2) is 11.6 Å². The molecule has 0 aliphatic carbocycles. The summed E-state index contributed by atoms with van der Waals surface area (Å²) in [5, 5.41) is 12.0. The van der Waals surface area contributed by atoms with Crippen molar-refractivity contribution >= 4 is 5.91 Å². The Kier molecular flexibility index (Phi) is 6.88. The number of hydrogen-bond donors (Lipinski definition) is 1. The third-order valence-corrected chi connectivity index (χ3v) is 5.24. The van der Waals surface area contributed by atoms with Gasteiger partial charge < -0.3 is 19.2 Å². The summed E-state index contributed by atoms with van der Waals surface area (Å²) in [5.74, 6) is 3.12. The average molecular weight is 388 g/mol. The summed E-state index contributed by atoms with van der Waals surface area (Å²) in [7, 11) is 0. The lowest BCUT2D eigenvalue weighted by atomic mass is 10.0. The number of rotatable bonds is 8. The maximum atomic E-state index is 12.6. The zero-order valence-electron chi connectivity index (χ0n) is 17.5. The van der Waals surface area contributed by atoms with Gasteiger partial charge in [-0.25, -0.2) is 0 Å². The van der Waals surface area contributed by atoms with Gasteiger partial charge in [0.2, 0.25) is 0 Å². The molecule has 2 aromatic rings. The summed E-state index contributed by atoms with van der Waals surface area (Å²) in [4.78, 5) is 15.1. The van der Waals surface area contributed by atoms with Crippen LogP contribution in [0, 0.1) is 11.8 Å². The fourth-order valence-corrected chi connectivity index (χ4v) is 3.65. The fraction of sp³-hybridized carbons (Fsp3) is 0.667. The lowest BCUT2D eigenvalue weighted by Crippen LogP contribution is -2.32. The number of amides is 1. The maximum Gasteiger partial charge on any atom is 0.287 e. The van der Waals surface area contributed by atoms with Crippen molar-refractivity contribution in [1.82, 2.24) is 25.0 Å². The molecule has 1 N–H and O–H groups in total. The summed E-state index contributed by atoms with van der Waals surface area (Å²) in [5.41, 5.74) is 0. The Morgan fingerprint density at radius 1 is 1.18 bits per heavy atom. The first-order valence-corrected chi connectivity index (χ1v) is 10.4. The van der Waals surface area contributed by atoms with Crippen molar-refractivity contribution in [3.05, 3.63) is 35.8 Å². The normalized spacial score (nSPS) is 16.2. The zero-order chi connectivity index (χ0) is 20.1. The maximum absolute atomic E-state index is 12.6. The number of nitrogens with zero attached hydrogens (tertiary/aromatic N) is 4. The molecule has 154 valence electrons. The Bertz CT molecular complexity index is 751. The Hall–Kier alpha value is -2.15. The van der Waals surface area contributed by atoms with Crippen molar-refractivity contribution in [2.75, 3.05) is 19.6 Å². The minimum Gasteiger partial charge on any atom is -0.459 e. The highest BCUT2D eigenvalue weighted by Gasteiger charge is 2.26. The van der Waals surface area contributed by atoms with E-state index in [0.717, 1.165) is 50.7 Å². The van der Waals surface area contributed by atoms with Gasteiger partial charge in [0.05, 0.1) is 12.3 Å². The number of carbonyl (C=O) groups is 1. The van der Waals surface area contributed by atoms with E-state index in [4.69, 9.17) is 4.42 Å². The smallest absolute Gasteiger partial charge is 0.287 e. The Labute approximate surface area is 167 Å². The van der Waals surface area contributed by atoms with Crippen LogP contribution in [-0.4, -0.2) is 45.2 Å². The van der Waals surface area contributed by atoms with Gasteiger partial charge in [-0.1, -0.05) is 27.7 Å². The molecule has 1 atom stereocenters. The van der Waals surface area contributed by atoms with Gasteiger partial charge in [-0.05, 0) is 43.4 Å². The standard InChI is InChI=1S/C21H33N5O2/c1-15(2)7-9-25-10-8-19-23-24-20(26(19)12-11-25)17(14-16(3)4)22-21(27)18-6-5-13-28-18/h5-6,13,15-17H,7-12,14H2,1-4H3,(H,22,27). The van der Waals surface area contributed by atoms with Gasteiger partial charge in [-0.3, -0.25) is 4.79 Å². The summed E-state index contributed by atoms with van der Waals surface area (Å²) in [6.45, 7) is 12.8. The van der Waals surface area contributed by atoms with Crippen LogP contribution in [0.2, 0.25) is 0 Å². The number of aromatic nitrogens is 3. The van der Waals surface area contributed by atoms with E-state index in [9.17, 15) is 4.79 Å². The number of carbonyl (C=O) groups excluding carboxylic acids is 1. The predicted molar refractivity (Wildman–Crippen MR) is 108 cm³/mol. The average Bonchev–Trinajstić information content (AvgIpc) is 3.26. The van der Waals surface area contributed by atoms with Gasteiger partial charge in [0, 0.05) is 26.1 Å². The minimum atomic E-state index is -0.208. The topological polar surface area (TPSA) is 76.2 Å². The number of hydrogen-bond acceptors (Lipinski definition) is 5. The van der Waals surface area contributed by atoms with Crippen LogP contribution in [0.4, 0.5) is 0 Å². The molecular formula is C21H33N5O2. The second-order valence-electron chi connectivity index (χ2n) is 8.53. The molecule has 1 amide bonds. The number of fused-ring (bicyclic) bond motifs is 1. The molecule has 2 aromatic heterocycles. The van der Waals surface area contributed by atoms with E-state index in [1.54, 1.807) is 12.1 Å². The highest BCUT2D eigenvalue weighted by molar-refractivity contribution is 5.91. The van der Waals surface area contributed by atoms with Gasteiger partial charge in [-0.2, -0.15) is 0 Å². The van der Waals surface area contributed by atoms with Gasteiger partial charge in [0.1, 0.15) is 5.82 Å². The largest absolute Gasteiger partial charge is 0.459 e. The molecule has 1 unspecified atom stereocenters. The van der Waals surface area contributed by atoms with Crippen LogP contribution in [0.5, 0.6) is 0 Å². The van der Waals surface area contributed by atoms with Crippen LogP contribution in [-0.2, 0) is 13.0 Å². The quantitative estimate of drug-likeness (QED) is 0.752. The molecule has 7 heteroatoms. The monoisotopic (exact) mass is 387 g/mol. The molecule has 0 radical (unpaired) electrons. The molecule has 3 rings (SSSR count). The zero-order valence-corrected chi connectivity index (χ0v) is 17.5. The van der Waals surface area contributed by atoms with Gasteiger partial charge in [0.25, 0.3) is 5.91 Å². The SMILES string of the molecule is CC(C)CCN1CCc2nnc(C(CC(C)C)NC(=O)c3ccco3)n2CC1. The fourth-order valence-electron chi connectivity index (χ4n) is 3.65. The summed E-state index contributed by atoms with van der Waals surface area (Å²) in [6, 6.07) is 3.22. The number of furan rings is 1. The van der Waals surface area contributed by atoms with Gasteiger partial charge in [-0.15, -0.1) is 10.2 Å². The van der Waals surface area contributed by atoms with Crippen molar-refractivity contribution in [3.63, 3.8) is 0 Å². The third kappa shape index (κ3) is 5.22. The van der Waals surface area contributed by atoms with E-state index in [2.05, 4.69) is 52.7 Å². The molecule has 28 heavy (non-hydrogen) atoms. The van der Waals surface area contributed by atoms with Crippen LogP contribution < -0.4 is 5.32 Å². The summed E-state index contributed by atoms with van der Waals surface area (Å²) in [6.07, 6.45) is 4.43. The first kappa shape index (κ1) is 20.6. The van der Waals surface area contributed by atoms with Crippen molar-refractivity contribution in [2.45, 2.75) is 59.5 Å². The van der Waals surface area contributed by atoms with Crippen LogP contribution in [0.3, 0.4) is 0 Å². The molecule has 0 spiro atoms. The minimum absolute atomic E-state index is 0.180. The highest BCUT2D eigenvalue weighted by atomic mass is 16.3. The lowest BCUT2D eigenvalue weighted by Gasteiger charge is -2.22. The van der Waals surface area contributed by atoms with Crippen LogP contribution in [0.1, 0.15) is 68.8 Å².